The Morgan fingerprint density at radius 2 is 2.25 bits per heavy atom. The highest BCUT2D eigenvalue weighted by molar-refractivity contribution is 7.98. The average Bonchev–Trinajstić information content (AvgIpc) is 2.03. The second-order valence-electron chi connectivity index (χ2n) is 2.37. The molecule has 0 aliphatic carbocycles. The molecule has 1 rings (SSSR count). The van der Waals surface area contributed by atoms with Crippen LogP contribution in [0, 0.1) is 0 Å². The van der Waals surface area contributed by atoms with Crippen molar-refractivity contribution in [3.05, 3.63) is 24.3 Å². The fraction of sp³-hybridized carbons (Fsp3) is 0. The molecule has 1 atom stereocenters. The van der Waals surface area contributed by atoms with Gasteiger partial charge in [0.25, 0.3) is 0 Å². The molecule has 0 saturated carbocycles. The highest BCUT2D eigenvalue weighted by atomic mass is 32.2. The van der Waals surface area contributed by atoms with Gasteiger partial charge in [-0.25, -0.2) is 4.21 Å². The molecule has 1 unspecified atom stereocenters. The maximum atomic E-state index is 11.2. The van der Waals surface area contributed by atoms with Crippen molar-refractivity contribution in [3.63, 3.8) is 0 Å². The van der Waals surface area contributed by atoms with Gasteiger partial charge in [-0.15, -0.1) is 0 Å². The summed E-state index contributed by atoms with van der Waals surface area (Å²) in [5.74, 6) is 3.31. The van der Waals surface area contributed by atoms with E-state index in [2.05, 4.69) is 5.87 Å². The molecule has 0 bridgehead atoms. The van der Waals surface area contributed by atoms with Crippen LogP contribution in [0.1, 0.15) is 0 Å². The van der Waals surface area contributed by atoms with Crippen LogP contribution in [0.5, 0.6) is 0 Å². The van der Waals surface area contributed by atoms with E-state index in [-0.39, 0.29) is 0 Å². The maximum absolute atomic E-state index is 11.2. The van der Waals surface area contributed by atoms with E-state index in [1.54, 1.807) is 18.2 Å². The minimum Gasteiger partial charge on any atom is -0.291 e. The number of nitrogens with two attached hydrogens (primary N) is 1. The topological polar surface area (TPSA) is 75.4 Å². The van der Waals surface area contributed by atoms with Crippen LogP contribution in [0.3, 0.4) is 0 Å². The van der Waals surface area contributed by atoms with Crippen molar-refractivity contribution in [1.82, 2.24) is 0 Å². The molecular weight excluding hydrogens is 176 g/mol. The fourth-order valence-corrected chi connectivity index (χ4v) is 1.42. The van der Waals surface area contributed by atoms with Crippen molar-refractivity contribution in [1.29, 1.82) is 0 Å². The van der Waals surface area contributed by atoms with Gasteiger partial charge in [0, 0.05) is 4.90 Å². The van der Waals surface area contributed by atoms with E-state index in [4.69, 9.17) is 10.3 Å². The van der Waals surface area contributed by atoms with Crippen molar-refractivity contribution in [2.75, 3.05) is 5.48 Å². The monoisotopic (exact) mass is 186 g/mol. The molecule has 0 radical (unpaired) electrons. The predicted molar refractivity (Wildman–Crippen MR) is 49.6 cm³/mol. The smallest absolute Gasteiger partial charge is 0.0614 e. The van der Waals surface area contributed by atoms with Crippen LogP contribution in [-0.2, 0) is 9.71 Å². The normalized spacial score (nSPS) is 15.2. The summed E-state index contributed by atoms with van der Waals surface area (Å²) < 4.78 is 11.2. The number of hydrogen-bond donors (Lipinski definition) is 3. The summed E-state index contributed by atoms with van der Waals surface area (Å²) in [4.78, 5) is 0.404. The van der Waals surface area contributed by atoms with Gasteiger partial charge in [-0.05, 0) is 24.1 Å². The Labute approximate surface area is 71.1 Å². The van der Waals surface area contributed by atoms with E-state index >= 15 is 0 Å². The first-order chi connectivity index (χ1) is 5.54. The molecule has 0 heterocycles. The van der Waals surface area contributed by atoms with Crippen molar-refractivity contribution >= 4 is 21.3 Å². The molecule has 0 aromatic heterocycles. The number of rotatable bonds is 2. The minimum absolute atomic E-state index is 0.404. The zero-order valence-electron chi connectivity index (χ0n) is 6.36. The van der Waals surface area contributed by atoms with Gasteiger partial charge >= 0.3 is 0 Å². The van der Waals surface area contributed by atoms with Gasteiger partial charge in [0.15, 0.2) is 0 Å². The van der Waals surface area contributed by atoms with Gasteiger partial charge in [0.05, 0.1) is 15.4 Å². The summed E-state index contributed by atoms with van der Waals surface area (Å²) in [7, 11) is -2.69. The molecule has 0 amide bonds. The highest BCUT2D eigenvalue weighted by Crippen LogP contribution is 2.12. The Morgan fingerprint density at radius 1 is 1.58 bits per heavy atom. The summed E-state index contributed by atoms with van der Waals surface area (Å²) >= 11 is 0. The zero-order chi connectivity index (χ0) is 9.19. The summed E-state index contributed by atoms with van der Waals surface area (Å²) in [6.45, 7) is 0. The lowest BCUT2D eigenvalue weighted by Crippen LogP contribution is -2.11. The summed E-state index contributed by atoms with van der Waals surface area (Å²) in [6.07, 6.45) is 0. The molecule has 66 valence electrons. The molecule has 1 aromatic rings. The van der Waals surface area contributed by atoms with E-state index in [9.17, 15) is 4.21 Å². The van der Waals surface area contributed by atoms with Gasteiger partial charge in [-0.2, -0.15) is 0 Å². The van der Waals surface area contributed by atoms with Crippen LogP contribution < -0.4 is 10.6 Å². The average molecular weight is 186 g/mol. The van der Waals surface area contributed by atoms with E-state index < -0.39 is 9.71 Å². The Kier molecular flexibility index (Phi) is 2.37. The first-order valence-electron chi connectivity index (χ1n) is 3.19. The molecule has 5 heteroatoms. The largest absolute Gasteiger partial charge is 0.291 e. The molecule has 0 aliphatic heterocycles. The Balaban J connectivity index is 3.20. The van der Waals surface area contributed by atoms with Crippen LogP contribution in [0.15, 0.2) is 29.2 Å². The number of benzene rings is 1. The first-order valence-corrected chi connectivity index (χ1v) is 4.98. The Morgan fingerprint density at radius 3 is 2.75 bits per heavy atom. The highest BCUT2D eigenvalue weighted by Gasteiger charge is 2.00. The minimum atomic E-state index is -2.69. The van der Waals surface area contributed by atoms with Crippen molar-refractivity contribution in [2.45, 2.75) is 4.90 Å². The molecule has 0 aliphatic rings. The van der Waals surface area contributed by atoms with Gasteiger partial charge in [-0.1, -0.05) is 6.07 Å². The Hall–Kier alpha value is -1.04. The molecule has 0 fully saturated rings. The molecule has 4 nitrogen and oxygen atoms in total. The van der Waals surface area contributed by atoms with E-state index in [1.807, 2.05) is 5.48 Å². The van der Waals surface area contributed by atoms with Crippen molar-refractivity contribution in [2.24, 2.45) is 5.14 Å². The van der Waals surface area contributed by atoms with Gasteiger partial charge in [0.1, 0.15) is 0 Å². The Bertz CT molecular complexity index is 373. The molecule has 0 saturated heterocycles. The summed E-state index contributed by atoms with van der Waals surface area (Å²) in [5, 5.41) is 13.8. The van der Waals surface area contributed by atoms with Crippen molar-refractivity contribution < 1.29 is 9.42 Å². The van der Waals surface area contributed by atoms with E-state index in [0.717, 1.165) is 0 Å². The lowest BCUT2D eigenvalue weighted by Gasteiger charge is -2.04. The first kappa shape index (κ1) is 9.05. The van der Waals surface area contributed by atoms with Crippen LogP contribution in [0.25, 0.3) is 0 Å². The lowest BCUT2D eigenvalue weighted by molar-refractivity contribution is 0.389. The SMILES string of the molecule is C=S(N)(=O)c1cccc(NO)c1. The third-order valence-electron chi connectivity index (χ3n) is 1.36. The molecule has 1 aromatic carbocycles. The van der Waals surface area contributed by atoms with Gasteiger partial charge in [-0.3, -0.25) is 15.8 Å². The van der Waals surface area contributed by atoms with Crippen LogP contribution in [-0.4, -0.2) is 15.3 Å². The third kappa shape index (κ3) is 1.97. The maximum Gasteiger partial charge on any atom is 0.0614 e. The molecule has 4 N–H and O–H groups in total. The fourth-order valence-electron chi connectivity index (χ4n) is 0.781. The predicted octanol–water partition coefficient (Wildman–Crippen LogP) is 0.437. The van der Waals surface area contributed by atoms with Crippen LogP contribution in [0.2, 0.25) is 0 Å². The number of nitrogens with one attached hydrogen (secondary N) is 1. The molecule has 0 spiro atoms. The quantitative estimate of drug-likeness (QED) is 0.463. The van der Waals surface area contributed by atoms with E-state index in [1.165, 1.54) is 6.07 Å². The van der Waals surface area contributed by atoms with Gasteiger partial charge in [0.2, 0.25) is 0 Å². The lowest BCUT2D eigenvalue weighted by atomic mass is 10.3. The van der Waals surface area contributed by atoms with Crippen molar-refractivity contribution in [3.8, 4) is 0 Å². The molecule has 12 heavy (non-hydrogen) atoms. The zero-order valence-corrected chi connectivity index (χ0v) is 7.17. The number of anilines is 1. The van der Waals surface area contributed by atoms with Crippen LogP contribution in [0.4, 0.5) is 5.69 Å². The summed E-state index contributed by atoms with van der Waals surface area (Å²) in [6, 6.07) is 6.33. The second kappa shape index (κ2) is 3.14. The summed E-state index contributed by atoms with van der Waals surface area (Å²) in [5.41, 5.74) is 2.37. The standard InChI is InChI=1S/C7H10N2O2S/c1-12(8,11)7-4-2-3-6(5-7)9-10/h2-5,9-10H,1H2,(H2,8,11). The second-order valence-corrected chi connectivity index (χ2v) is 4.29. The van der Waals surface area contributed by atoms with Crippen LogP contribution >= 0.6 is 0 Å². The van der Waals surface area contributed by atoms with Gasteiger partial charge < -0.3 is 0 Å². The number of hydrogen-bond acceptors (Lipinski definition) is 3. The van der Waals surface area contributed by atoms with E-state index in [0.29, 0.717) is 10.6 Å². The molecular formula is C7H10N2O2S. The third-order valence-corrected chi connectivity index (χ3v) is 2.41.